The highest BCUT2D eigenvalue weighted by Crippen LogP contribution is 2.26. The van der Waals surface area contributed by atoms with Gasteiger partial charge in [-0.05, 0) is 32.3 Å². The molecule has 1 saturated heterocycles. The second-order valence-corrected chi connectivity index (χ2v) is 7.25. The Morgan fingerprint density at radius 1 is 1.32 bits per heavy atom. The van der Waals surface area contributed by atoms with Gasteiger partial charge in [-0.25, -0.2) is 13.9 Å². The van der Waals surface area contributed by atoms with Crippen molar-refractivity contribution in [3.05, 3.63) is 51.7 Å². The van der Waals surface area contributed by atoms with Crippen LogP contribution in [0.4, 0.5) is 4.39 Å². The van der Waals surface area contributed by atoms with Crippen LogP contribution in [0, 0.1) is 19.3 Å². The molecule has 1 aromatic carbocycles. The van der Waals surface area contributed by atoms with Gasteiger partial charge < -0.3 is 4.90 Å². The van der Waals surface area contributed by atoms with Gasteiger partial charge in [0.1, 0.15) is 18.0 Å². The van der Waals surface area contributed by atoms with Crippen molar-refractivity contribution in [1.29, 1.82) is 0 Å². The Bertz CT molecular complexity index is 933. The fraction of sp³-hybridized carbons (Fsp3) is 0.476. The average molecular weight is 384 g/mol. The standard InChI is InChI=1S/C18H21FN4O2.C3H4/c1-12-5-7-13(8-6-12)9-22-18(25)23-15(3-2-4-16(23)20-22)17(24)21-10-14(19)11-21;1-3-2/h5-8,14-15H,2-4,9-11H2,1H3;1H,2H3/t15-;/m0./s1. The molecule has 0 unspecified atom stereocenters. The molecule has 4 rings (SSSR count). The van der Waals surface area contributed by atoms with Crippen molar-refractivity contribution < 1.29 is 9.18 Å². The lowest BCUT2D eigenvalue weighted by molar-refractivity contribution is -0.142. The third-order valence-electron chi connectivity index (χ3n) is 5.02. The van der Waals surface area contributed by atoms with Crippen LogP contribution < -0.4 is 5.69 Å². The number of carbonyl (C=O) groups excluding carboxylic acids is 1. The minimum atomic E-state index is -0.937. The van der Waals surface area contributed by atoms with Gasteiger partial charge in [-0.2, -0.15) is 5.10 Å². The summed E-state index contributed by atoms with van der Waals surface area (Å²) in [6.07, 6.45) is 5.76. The van der Waals surface area contributed by atoms with Gasteiger partial charge in [0, 0.05) is 6.42 Å². The largest absolute Gasteiger partial charge is 0.346 e. The first-order chi connectivity index (χ1) is 13.4. The van der Waals surface area contributed by atoms with Crippen LogP contribution in [-0.4, -0.2) is 44.4 Å². The second-order valence-electron chi connectivity index (χ2n) is 7.25. The SMILES string of the molecule is C#CC.Cc1ccc(Cn2nc3n(c2=O)[C@H](C(=O)N2CC(F)C2)CCC3)cc1. The van der Waals surface area contributed by atoms with Crippen molar-refractivity contribution >= 4 is 5.91 Å². The van der Waals surface area contributed by atoms with Crippen LogP contribution in [0.15, 0.2) is 29.1 Å². The maximum Gasteiger partial charge on any atom is 0.346 e. The van der Waals surface area contributed by atoms with Gasteiger partial charge in [-0.3, -0.25) is 9.36 Å². The van der Waals surface area contributed by atoms with Crippen LogP contribution in [0.1, 0.15) is 42.8 Å². The number of fused-ring (bicyclic) bond motifs is 1. The molecule has 0 N–H and O–H groups in total. The summed E-state index contributed by atoms with van der Waals surface area (Å²) in [5.74, 6) is 2.74. The van der Waals surface area contributed by atoms with Crippen LogP contribution >= 0.6 is 0 Å². The van der Waals surface area contributed by atoms with E-state index < -0.39 is 12.2 Å². The Balaban J connectivity index is 0.000000706. The molecule has 2 aliphatic heterocycles. The normalized spacial score (nSPS) is 18.4. The number of rotatable bonds is 3. The fourth-order valence-electron chi connectivity index (χ4n) is 3.55. The van der Waals surface area contributed by atoms with Gasteiger partial charge in [-0.15, -0.1) is 12.3 Å². The number of hydrogen-bond donors (Lipinski definition) is 0. The lowest BCUT2D eigenvalue weighted by atomic mass is 10.0. The maximum absolute atomic E-state index is 13.1. The van der Waals surface area contributed by atoms with Gasteiger partial charge in [-0.1, -0.05) is 29.8 Å². The Hall–Kier alpha value is -2.88. The van der Waals surface area contributed by atoms with Crippen molar-refractivity contribution in [2.75, 3.05) is 13.1 Å². The van der Waals surface area contributed by atoms with Gasteiger partial charge in [0.05, 0.1) is 19.6 Å². The third kappa shape index (κ3) is 4.01. The zero-order valence-electron chi connectivity index (χ0n) is 16.3. The molecule has 1 aromatic heterocycles. The summed E-state index contributed by atoms with van der Waals surface area (Å²) in [5, 5.41) is 4.44. The number of aromatic nitrogens is 3. The first-order valence-corrected chi connectivity index (χ1v) is 9.48. The Labute approximate surface area is 164 Å². The molecule has 0 aliphatic carbocycles. The molecular formula is C21H25FN4O2. The number of alkyl halides is 1. The first kappa shape index (κ1) is 19.9. The van der Waals surface area contributed by atoms with E-state index in [0.29, 0.717) is 25.2 Å². The van der Waals surface area contributed by atoms with E-state index in [-0.39, 0.29) is 24.7 Å². The van der Waals surface area contributed by atoms with E-state index in [1.165, 1.54) is 14.1 Å². The van der Waals surface area contributed by atoms with E-state index >= 15 is 0 Å². The number of halogens is 1. The van der Waals surface area contributed by atoms with Crippen LogP contribution in [0.25, 0.3) is 0 Å². The number of likely N-dealkylation sites (tertiary alicyclic amines) is 1. The van der Waals surface area contributed by atoms with Gasteiger partial charge in [0.15, 0.2) is 0 Å². The van der Waals surface area contributed by atoms with E-state index in [0.717, 1.165) is 17.5 Å². The number of terminal acetylenes is 1. The fourth-order valence-corrected chi connectivity index (χ4v) is 3.55. The van der Waals surface area contributed by atoms with Crippen LogP contribution in [0.2, 0.25) is 0 Å². The Morgan fingerprint density at radius 3 is 2.57 bits per heavy atom. The highest BCUT2D eigenvalue weighted by molar-refractivity contribution is 5.81. The van der Waals surface area contributed by atoms with Crippen LogP contribution in [0.3, 0.4) is 0 Å². The zero-order valence-corrected chi connectivity index (χ0v) is 16.3. The molecule has 148 valence electrons. The molecule has 0 saturated carbocycles. The highest BCUT2D eigenvalue weighted by atomic mass is 19.1. The average Bonchev–Trinajstić information content (AvgIpc) is 2.97. The Kier molecular flexibility index (Phi) is 5.98. The molecule has 7 heteroatoms. The van der Waals surface area contributed by atoms with Crippen molar-refractivity contribution in [3.8, 4) is 12.3 Å². The van der Waals surface area contributed by atoms with E-state index in [2.05, 4.69) is 17.4 Å². The number of hydrogen-bond acceptors (Lipinski definition) is 3. The molecule has 2 aromatic rings. The maximum atomic E-state index is 13.1. The molecule has 0 spiro atoms. The van der Waals surface area contributed by atoms with E-state index in [9.17, 15) is 14.0 Å². The van der Waals surface area contributed by atoms with Gasteiger partial charge in [0.2, 0.25) is 5.91 Å². The van der Waals surface area contributed by atoms with Gasteiger partial charge in [0.25, 0.3) is 0 Å². The Morgan fingerprint density at radius 2 is 1.96 bits per heavy atom. The van der Waals surface area contributed by atoms with E-state index in [1.54, 1.807) is 6.92 Å². The third-order valence-corrected chi connectivity index (χ3v) is 5.02. The minimum absolute atomic E-state index is 0.136. The number of amides is 1. The zero-order chi connectivity index (χ0) is 20.3. The topological polar surface area (TPSA) is 60.1 Å². The highest BCUT2D eigenvalue weighted by Gasteiger charge is 2.38. The number of benzene rings is 1. The lowest BCUT2D eigenvalue weighted by Gasteiger charge is -2.37. The summed E-state index contributed by atoms with van der Waals surface area (Å²) in [5.41, 5.74) is 1.89. The minimum Gasteiger partial charge on any atom is -0.335 e. The molecule has 1 fully saturated rings. The van der Waals surface area contributed by atoms with Crippen molar-refractivity contribution in [2.45, 2.75) is 51.9 Å². The molecule has 2 aliphatic rings. The summed E-state index contributed by atoms with van der Waals surface area (Å²) in [4.78, 5) is 26.9. The molecule has 6 nitrogen and oxygen atoms in total. The molecule has 0 radical (unpaired) electrons. The van der Waals surface area contributed by atoms with E-state index in [4.69, 9.17) is 0 Å². The van der Waals surface area contributed by atoms with Crippen LogP contribution in [0.5, 0.6) is 0 Å². The predicted octanol–water partition coefficient (Wildman–Crippen LogP) is 2.10. The quantitative estimate of drug-likeness (QED) is 0.762. The summed E-state index contributed by atoms with van der Waals surface area (Å²) >= 11 is 0. The molecule has 0 bridgehead atoms. The lowest BCUT2D eigenvalue weighted by Crippen LogP contribution is -2.54. The van der Waals surface area contributed by atoms with E-state index in [1.807, 2.05) is 31.2 Å². The smallest absolute Gasteiger partial charge is 0.335 e. The predicted molar refractivity (Wildman–Crippen MR) is 105 cm³/mol. The molecule has 3 heterocycles. The molecule has 1 amide bonds. The second kappa shape index (κ2) is 8.42. The number of nitrogens with zero attached hydrogens (tertiary/aromatic N) is 4. The summed E-state index contributed by atoms with van der Waals surface area (Å²) in [6.45, 7) is 4.32. The van der Waals surface area contributed by atoms with Crippen molar-refractivity contribution in [3.63, 3.8) is 0 Å². The summed E-state index contributed by atoms with van der Waals surface area (Å²) in [7, 11) is 0. The summed E-state index contributed by atoms with van der Waals surface area (Å²) in [6, 6.07) is 7.41. The monoisotopic (exact) mass is 384 g/mol. The molecular weight excluding hydrogens is 359 g/mol. The number of carbonyl (C=O) groups is 1. The van der Waals surface area contributed by atoms with Gasteiger partial charge >= 0.3 is 5.69 Å². The summed E-state index contributed by atoms with van der Waals surface area (Å²) < 4.78 is 16.0. The van der Waals surface area contributed by atoms with Crippen LogP contribution in [-0.2, 0) is 17.8 Å². The molecule has 1 atom stereocenters. The van der Waals surface area contributed by atoms with Crippen molar-refractivity contribution in [2.24, 2.45) is 0 Å². The number of aryl methyl sites for hydroxylation is 2. The first-order valence-electron chi connectivity index (χ1n) is 9.48. The molecule has 28 heavy (non-hydrogen) atoms. The van der Waals surface area contributed by atoms with Crippen molar-refractivity contribution in [1.82, 2.24) is 19.2 Å².